The van der Waals surface area contributed by atoms with Gasteiger partial charge in [0.15, 0.2) is 9.84 Å². The number of hydrogen-bond acceptors (Lipinski definition) is 4. The van der Waals surface area contributed by atoms with E-state index in [0.29, 0.717) is 13.1 Å². The van der Waals surface area contributed by atoms with Gasteiger partial charge >= 0.3 is 0 Å². The number of hydrogen-bond donors (Lipinski definition) is 2. The van der Waals surface area contributed by atoms with E-state index in [2.05, 4.69) is 5.32 Å². The number of fused-ring (bicyclic) bond motifs is 2. The average Bonchev–Trinajstić information content (AvgIpc) is 2.10. The van der Waals surface area contributed by atoms with E-state index in [0.717, 1.165) is 0 Å². The number of piperidine rings is 1. The van der Waals surface area contributed by atoms with Gasteiger partial charge < -0.3 is 10.4 Å². The van der Waals surface area contributed by atoms with Crippen LogP contribution in [-0.2, 0) is 9.84 Å². The summed E-state index contributed by atoms with van der Waals surface area (Å²) in [5, 5.41) is 12.3. The van der Waals surface area contributed by atoms with Gasteiger partial charge in [-0.25, -0.2) is 8.42 Å². The SMILES string of the molecule is CC1(O)C2CNCC1S(=O)(=O)C2. The Morgan fingerprint density at radius 2 is 2.17 bits per heavy atom. The Morgan fingerprint density at radius 1 is 1.50 bits per heavy atom. The molecule has 0 saturated carbocycles. The lowest BCUT2D eigenvalue weighted by Crippen LogP contribution is -2.54. The van der Waals surface area contributed by atoms with Crippen molar-refractivity contribution in [2.45, 2.75) is 17.8 Å². The van der Waals surface area contributed by atoms with Gasteiger partial charge in [-0.1, -0.05) is 0 Å². The van der Waals surface area contributed by atoms with E-state index in [1.807, 2.05) is 0 Å². The van der Waals surface area contributed by atoms with Gasteiger partial charge in [-0.2, -0.15) is 0 Å². The Hall–Kier alpha value is -0.130. The predicted octanol–water partition coefficient (Wildman–Crippen LogP) is -1.25. The Labute approximate surface area is 71.9 Å². The molecule has 0 aromatic heterocycles. The summed E-state index contributed by atoms with van der Waals surface area (Å²) in [5.74, 6) is 0.0127. The van der Waals surface area contributed by atoms with Crippen LogP contribution in [0.15, 0.2) is 0 Å². The fraction of sp³-hybridized carbons (Fsp3) is 1.00. The molecule has 2 aliphatic heterocycles. The number of aliphatic hydroxyl groups is 1. The smallest absolute Gasteiger partial charge is 0.157 e. The van der Waals surface area contributed by atoms with Crippen LogP contribution in [0.25, 0.3) is 0 Å². The number of sulfone groups is 1. The van der Waals surface area contributed by atoms with Crippen LogP contribution in [0.4, 0.5) is 0 Å². The molecular weight excluding hydrogens is 178 g/mol. The Morgan fingerprint density at radius 3 is 2.67 bits per heavy atom. The largest absolute Gasteiger partial charge is 0.388 e. The molecule has 0 amide bonds. The van der Waals surface area contributed by atoms with Crippen molar-refractivity contribution in [1.82, 2.24) is 5.32 Å². The summed E-state index contributed by atoms with van der Waals surface area (Å²) in [6.07, 6.45) is 0. The highest BCUT2D eigenvalue weighted by molar-refractivity contribution is 7.92. The standard InChI is InChI=1S/C7H13NO3S/c1-7(9)5-2-8-3-6(7)12(10,11)4-5/h5-6,8-9H,2-4H2,1H3. The molecule has 3 atom stereocenters. The fourth-order valence-electron chi connectivity index (χ4n) is 2.18. The normalized spacial score (nSPS) is 50.8. The zero-order valence-corrected chi connectivity index (χ0v) is 7.76. The van der Waals surface area contributed by atoms with Crippen molar-refractivity contribution in [1.29, 1.82) is 0 Å². The molecule has 70 valence electrons. The summed E-state index contributed by atoms with van der Waals surface area (Å²) < 4.78 is 22.9. The van der Waals surface area contributed by atoms with Crippen molar-refractivity contribution in [2.24, 2.45) is 5.92 Å². The van der Waals surface area contributed by atoms with Crippen molar-refractivity contribution in [3.05, 3.63) is 0 Å². The topological polar surface area (TPSA) is 66.4 Å². The highest BCUT2D eigenvalue weighted by Crippen LogP contribution is 2.37. The zero-order chi connectivity index (χ0) is 8.98. The van der Waals surface area contributed by atoms with E-state index in [9.17, 15) is 13.5 Å². The van der Waals surface area contributed by atoms with Crippen molar-refractivity contribution in [3.63, 3.8) is 0 Å². The van der Waals surface area contributed by atoms with E-state index >= 15 is 0 Å². The lowest BCUT2D eigenvalue weighted by molar-refractivity contribution is 0.000453. The van der Waals surface area contributed by atoms with Crippen LogP contribution >= 0.6 is 0 Å². The van der Waals surface area contributed by atoms with Crippen LogP contribution in [0, 0.1) is 5.92 Å². The molecule has 4 nitrogen and oxygen atoms in total. The van der Waals surface area contributed by atoms with Crippen LogP contribution in [0.5, 0.6) is 0 Å². The maximum atomic E-state index is 11.5. The fourth-order valence-corrected chi connectivity index (χ4v) is 4.72. The van der Waals surface area contributed by atoms with Gasteiger partial charge in [0.1, 0.15) is 5.25 Å². The van der Waals surface area contributed by atoms with Gasteiger partial charge in [0.05, 0.1) is 11.4 Å². The van der Waals surface area contributed by atoms with E-state index < -0.39 is 20.7 Å². The van der Waals surface area contributed by atoms with Crippen molar-refractivity contribution in [3.8, 4) is 0 Å². The van der Waals surface area contributed by atoms with Crippen LogP contribution in [-0.4, -0.2) is 43.2 Å². The molecule has 12 heavy (non-hydrogen) atoms. The third-order valence-electron chi connectivity index (χ3n) is 3.07. The van der Waals surface area contributed by atoms with Crippen molar-refractivity contribution in [2.75, 3.05) is 18.8 Å². The van der Waals surface area contributed by atoms with Gasteiger partial charge in [-0.3, -0.25) is 0 Å². The molecule has 2 heterocycles. The van der Waals surface area contributed by atoms with E-state index in [1.165, 1.54) is 0 Å². The molecule has 3 unspecified atom stereocenters. The third-order valence-corrected chi connectivity index (χ3v) is 5.44. The van der Waals surface area contributed by atoms with Crippen LogP contribution in [0.1, 0.15) is 6.92 Å². The van der Waals surface area contributed by atoms with Crippen LogP contribution in [0.3, 0.4) is 0 Å². The zero-order valence-electron chi connectivity index (χ0n) is 6.95. The molecule has 0 aromatic rings. The maximum Gasteiger partial charge on any atom is 0.157 e. The first kappa shape index (κ1) is 8.47. The van der Waals surface area contributed by atoms with Crippen molar-refractivity contribution >= 4 is 9.84 Å². The molecule has 5 heteroatoms. The summed E-state index contributed by atoms with van der Waals surface area (Å²) in [6.45, 7) is 2.64. The first-order valence-electron chi connectivity index (χ1n) is 4.09. The maximum absolute atomic E-state index is 11.5. The highest BCUT2D eigenvalue weighted by Gasteiger charge is 2.56. The Bertz CT molecular complexity index is 296. The lowest BCUT2D eigenvalue weighted by Gasteiger charge is -2.34. The van der Waals surface area contributed by atoms with Gasteiger partial charge in [0.2, 0.25) is 0 Å². The summed E-state index contributed by atoms with van der Waals surface area (Å²) in [6, 6.07) is 0. The van der Waals surface area contributed by atoms with Gasteiger partial charge in [0, 0.05) is 19.0 Å². The highest BCUT2D eigenvalue weighted by atomic mass is 32.2. The quantitative estimate of drug-likeness (QED) is 0.502. The summed E-state index contributed by atoms with van der Waals surface area (Å²) in [7, 11) is -3.04. The molecular formula is C7H13NO3S. The summed E-state index contributed by atoms with van der Waals surface area (Å²) in [5.41, 5.74) is -1.01. The second kappa shape index (κ2) is 2.21. The summed E-state index contributed by atoms with van der Waals surface area (Å²) in [4.78, 5) is 0. The average molecular weight is 191 g/mol. The minimum absolute atomic E-state index is 0.124. The predicted molar refractivity (Wildman–Crippen MR) is 44.6 cm³/mol. The van der Waals surface area contributed by atoms with E-state index in [1.54, 1.807) is 6.92 Å². The van der Waals surface area contributed by atoms with Gasteiger partial charge in [0.25, 0.3) is 0 Å². The van der Waals surface area contributed by atoms with Crippen LogP contribution < -0.4 is 5.32 Å². The molecule has 0 aliphatic carbocycles. The molecule has 2 aliphatic rings. The second-order valence-electron chi connectivity index (χ2n) is 3.90. The number of rotatable bonds is 0. The summed E-state index contributed by atoms with van der Waals surface area (Å²) >= 11 is 0. The molecule has 2 rings (SSSR count). The Kier molecular flexibility index (Phi) is 1.56. The third kappa shape index (κ3) is 0.932. The molecule has 2 bridgehead atoms. The first-order chi connectivity index (χ1) is 5.44. The van der Waals surface area contributed by atoms with Crippen LogP contribution in [0.2, 0.25) is 0 Å². The molecule has 2 fully saturated rings. The molecule has 0 spiro atoms. The molecule has 0 radical (unpaired) electrons. The molecule has 0 aromatic carbocycles. The van der Waals surface area contributed by atoms with E-state index in [-0.39, 0.29) is 11.7 Å². The first-order valence-corrected chi connectivity index (χ1v) is 5.81. The van der Waals surface area contributed by atoms with Gasteiger partial charge in [-0.05, 0) is 6.92 Å². The molecule has 2 N–H and O–H groups in total. The van der Waals surface area contributed by atoms with Gasteiger partial charge in [-0.15, -0.1) is 0 Å². The number of nitrogens with one attached hydrogen (secondary N) is 1. The lowest BCUT2D eigenvalue weighted by atomic mass is 9.85. The Balaban J connectivity index is 2.46. The molecule has 2 saturated heterocycles. The second-order valence-corrected chi connectivity index (χ2v) is 6.13. The van der Waals surface area contributed by atoms with Crippen molar-refractivity contribution < 1.29 is 13.5 Å². The monoisotopic (exact) mass is 191 g/mol. The van der Waals surface area contributed by atoms with E-state index in [4.69, 9.17) is 0 Å². The minimum Gasteiger partial charge on any atom is -0.388 e. The minimum atomic E-state index is -3.04.